The number of amides is 1. The molecule has 1 aliphatic rings. The van der Waals surface area contributed by atoms with Gasteiger partial charge in [0.05, 0.1) is 22.5 Å². The molecule has 0 fully saturated rings. The highest BCUT2D eigenvalue weighted by Gasteiger charge is 2.37. The molecule has 7 nitrogen and oxygen atoms in total. The zero-order valence-electron chi connectivity index (χ0n) is 21.2. The number of hydrogen-bond donors (Lipinski definition) is 3. The van der Waals surface area contributed by atoms with Crippen molar-refractivity contribution in [1.82, 2.24) is 0 Å². The predicted molar refractivity (Wildman–Crippen MR) is 145 cm³/mol. The summed E-state index contributed by atoms with van der Waals surface area (Å²) < 4.78 is 40.2. The number of carbonyl (C=O) groups is 2. The number of aryl methyl sites for hydroxylation is 2. The first kappa shape index (κ1) is 26.5. The van der Waals surface area contributed by atoms with Crippen molar-refractivity contribution in [2.24, 2.45) is 5.10 Å². The number of hydrogen-bond acceptors (Lipinski definition) is 5. The fourth-order valence-corrected chi connectivity index (χ4v) is 4.49. The number of carboxylic acids is 1. The number of hydrazone groups is 1. The second-order valence-electron chi connectivity index (χ2n) is 9.30. The Morgan fingerprint density at radius 2 is 1.60 bits per heavy atom. The average Bonchev–Trinajstić information content (AvgIpc) is 3.17. The molecule has 1 heterocycles. The standard InChI is InChI=1S/C30H22F3N3O4/c1-16-12-23-25(13-17(16)2)36(21-9-4-8-20(15-21)30(31,32)33)28(38)26(23)35-34-24-11-5-10-22(27(24)37)18-6-3-7-19(14-18)29(39)40/h3-15,34,37H,1-2H3,(H,39,40)/b35-26-. The highest BCUT2D eigenvalue weighted by atomic mass is 19.4. The van der Waals surface area contributed by atoms with Crippen molar-refractivity contribution >= 4 is 34.7 Å². The van der Waals surface area contributed by atoms with E-state index in [1.165, 1.54) is 35.2 Å². The van der Waals surface area contributed by atoms with Crippen molar-refractivity contribution in [2.75, 3.05) is 10.3 Å². The van der Waals surface area contributed by atoms with Gasteiger partial charge in [-0.25, -0.2) is 4.79 Å². The molecule has 0 saturated carbocycles. The van der Waals surface area contributed by atoms with E-state index in [2.05, 4.69) is 10.5 Å². The normalized spacial score (nSPS) is 14.0. The Morgan fingerprint density at radius 3 is 2.33 bits per heavy atom. The van der Waals surface area contributed by atoms with Gasteiger partial charge < -0.3 is 10.2 Å². The lowest BCUT2D eigenvalue weighted by molar-refractivity contribution is -0.137. The van der Waals surface area contributed by atoms with E-state index in [-0.39, 0.29) is 28.4 Å². The van der Waals surface area contributed by atoms with Crippen LogP contribution in [0.25, 0.3) is 11.1 Å². The second-order valence-corrected chi connectivity index (χ2v) is 9.30. The van der Waals surface area contributed by atoms with Crippen LogP contribution in [-0.4, -0.2) is 27.8 Å². The number of fused-ring (bicyclic) bond motifs is 1. The summed E-state index contributed by atoms with van der Waals surface area (Å²) in [6.07, 6.45) is -4.59. The molecule has 202 valence electrons. The molecule has 0 atom stereocenters. The lowest BCUT2D eigenvalue weighted by Gasteiger charge is -2.19. The number of carboxylic acid groups (broad SMARTS) is 1. The lowest BCUT2D eigenvalue weighted by Crippen LogP contribution is -2.26. The van der Waals surface area contributed by atoms with Crippen LogP contribution in [0.1, 0.15) is 32.6 Å². The molecular weight excluding hydrogens is 523 g/mol. The SMILES string of the molecule is Cc1cc2c(cc1C)N(c1cccc(C(F)(F)F)c1)C(=O)/C2=N\Nc1cccc(-c2cccc(C(=O)O)c2)c1O. The van der Waals surface area contributed by atoms with Gasteiger partial charge in [0, 0.05) is 16.8 Å². The molecule has 0 bridgehead atoms. The third kappa shape index (κ3) is 4.75. The molecule has 40 heavy (non-hydrogen) atoms. The summed E-state index contributed by atoms with van der Waals surface area (Å²) in [6.45, 7) is 3.68. The van der Waals surface area contributed by atoms with E-state index < -0.39 is 23.6 Å². The number of phenols is 1. The van der Waals surface area contributed by atoms with E-state index in [1.807, 2.05) is 13.8 Å². The number of nitrogens with zero attached hydrogens (tertiary/aromatic N) is 2. The van der Waals surface area contributed by atoms with Crippen molar-refractivity contribution in [3.63, 3.8) is 0 Å². The maximum Gasteiger partial charge on any atom is 0.416 e. The maximum absolute atomic E-state index is 13.6. The molecule has 0 aromatic heterocycles. The molecule has 0 spiro atoms. The summed E-state index contributed by atoms with van der Waals surface area (Å²) in [5.41, 5.74) is 5.29. The van der Waals surface area contributed by atoms with E-state index in [0.717, 1.165) is 23.3 Å². The summed E-state index contributed by atoms with van der Waals surface area (Å²) >= 11 is 0. The molecule has 0 unspecified atom stereocenters. The Balaban J connectivity index is 1.55. The van der Waals surface area contributed by atoms with Gasteiger partial charge in [0.2, 0.25) is 0 Å². The van der Waals surface area contributed by atoms with E-state index in [4.69, 9.17) is 0 Å². The van der Waals surface area contributed by atoms with E-state index in [9.17, 15) is 33.0 Å². The number of aromatic hydroxyl groups is 1. The summed E-state index contributed by atoms with van der Waals surface area (Å²) in [4.78, 5) is 26.2. The first-order valence-corrected chi connectivity index (χ1v) is 12.1. The second kappa shape index (κ2) is 9.88. The van der Waals surface area contributed by atoms with Crippen LogP contribution in [0.2, 0.25) is 0 Å². The number of aromatic carboxylic acids is 1. The maximum atomic E-state index is 13.6. The summed E-state index contributed by atoms with van der Waals surface area (Å²) in [5, 5.41) is 24.5. The van der Waals surface area contributed by atoms with E-state index in [1.54, 1.807) is 36.4 Å². The Bertz CT molecular complexity index is 1710. The van der Waals surface area contributed by atoms with Gasteiger partial charge in [0.1, 0.15) is 5.75 Å². The van der Waals surface area contributed by atoms with Crippen molar-refractivity contribution in [2.45, 2.75) is 20.0 Å². The summed E-state index contributed by atoms with van der Waals surface area (Å²) in [6, 6.07) is 18.8. The Labute approximate surface area is 226 Å². The first-order chi connectivity index (χ1) is 19.0. The highest BCUT2D eigenvalue weighted by Crippen LogP contribution is 2.40. The Kier molecular flexibility index (Phi) is 6.54. The van der Waals surface area contributed by atoms with Crippen LogP contribution in [0.4, 0.5) is 30.2 Å². The molecule has 4 aromatic carbocycles. The number of phenolic OH excluding ortho intramolecular Hbond substituents is 1. The molecule has 0 radical (unpaired) electrons. The minimum atomic E-state index is -4.59. The van der Waals surface area contributed by atoms with Crippen molar-refractivity contribution in [1.29, 1.82) is 0 Å². The van der Waals surface area contributed by atoms with Crippen molar-refractivity contribution in [3.8, 4) is 16.9 Å². The molecule has 1 amide bonds. The van der Waals surface area contributed by atoms with Crippen molar-refractivity contribution < 1.29 is 33.0 Å². The monoisotopic (exact) mass is 545 g/mol. The van der Waals surface area contributed by atoms with Gasteiger partial charge in [-0.1, -0.05) is 30.3 Å². The zero-order chi connectivity index (χ0) is 28.8. The van der Waals surface area contributed by atoms with Gasteiger partial charge in [-0.15, -0.1) is 0 Å². The molecule has 3 N–H and O–H groups in total. The fraction of sp³-hybridized carbons (Fsp3) is 0.100. The topological polar surface area (TPSA) is 102 Å². The number of rotatable bonds is 5. The first-order valence-electron chi connectivity index (χ1n) is 12.1. The smallest absolute Gasteiger partial charge is 0.416 e. The minimum absolute atomic E-state index is 0.0395. The van der Waals surface area contributed by atoms with Crippen LogP contribution in [0, 0.1) is 13.8 Å². The number of alkyl halides is 3. The molecule has 1 aliphatic heterocycles. The van der Waals surface area contributed by atoms with Crippen LogP contribution in [0.3, 0.4) is 0 Å². The third-order valence-electron chi connectivity index (χ3n) is 6.69. The van der Waals surface area contributed by atoms with Crippen LogP contribution >= 0.6 is 0 Å². The number of para-hydroxylation sites is 1. The molecule has 4 aromatic rings. The lowest BCUT2D eigenvalue weighted by atomic mass is 10.0. The van der Waals surface area contributed by atoms with Gasteiger partial charge in [0.25, 0.3) is 5.91 Å². The van der Waals surface area contributed by atoms with Crippen LogP contribution < -0.4 is 10.3 Å². The average molecular weight is 546 g/mol. The highest BCUT2D eigenvalue weighted by molar-refractivity contribution is 6.55. The van der Waals surface area contributed by atoms with E-state index >= 15 is 0 Å². The summed E-state index contributed by atoms with van der Waals surface area (Å²) in [5.74, 6) is -1.98. The minimum Gasteiger partial charge on any atom is -0.505 e. The largest absolute Gasteiger partial charge is 0.505 e. The predicted octanol–water partition coefficient (Wildman–Crippen LogP) is 6.89. The van der Waals surface area contributed by atoms with Crippen LogP contribution in [0.15, 0.2) is 84.0 Å². The Hall–Kier alpha value is -5.12. The number of anilines is 3. The molecule has 0 saturated heterocycles. The van der Waals surface area contributed by atoms with Gasteiger partial charge in [-0.05, 0) is 79.1 Å². The number of benzene rings is 4. The summed E-state index contributed by atoms with van der Waals surface area (Å²) in [7, 11) is 0. The van der Waals surface area contributed by atoms with Gasteiger partial charge >= 0.3 is 12.1 Å². The van der Waals surface area contributed by atoms with Crippen molar-refractivity contribution in [3.05, 3.63) is 107 Å². The van der Waals surface area contributed by atoms with Gasteiger partial charge in [-0.3, -0.25) is 15.1 Å². The number of carbonyl (C=O) groups excluding carboxylic acids is 1. The van der Waals surface area contributed by atoms with Crippen LogP contribution in [0.5, 0.6) is 5.75 Å². The van der Waals surface area contributed by atoms with Gasteiger partial charge in [-0.2, -0.15) is 18.3 Å². The number of nitrogens with one attached hydrogen (secondary N) is 1. The third-order valence-corrected chi connectivity index (χ3v) is 6.69. The molecule has 0 aliphatic carbocycles. The molecule has 5 rings (SSSR count). The fourth-order valence-electron chi connectivity index (χ4n) is 4.49. The van der Waals surface area contributed by atoms with E-state index in [0.29, 0.717) is 22.4 Å². The van der Waals surface area contributed by atoms with Crippen LogP contribution in [-0.2, 0) is 11.0 Å². The quantitative estimate of drug-likeness (QED) is 0.187. The number of halogens is 3. The molecule has 10 heteroatoms. The Morgan fingerprint density at radius 1 is 0.900 bits per heavy atom. The van der Waals surface area contributed by atoms with Gasteiger partial charge in [0.15, 0.2) is 5.71 Å². The zero-order valence-corrected chi connectivity index (χ0v) is 21.2. The molecular formula is C30H22F3N3O4.